The summed E-state index contributed by atoms with van der Waals surface area (Å²) in [6, 6.07) is 2.99. The van der Waals surface area contributed by atoms with Crippen molar-refractivity contribution in [2.45, 2.75) is 38.8 Å². The number of hydrogen-bond donors (Lipinski definition) is 3. The Hall–Kier alpha value is -2.19. The van der Waals surface area contributed by atoms with Gasteiger partial charge in [0.1, 0.15) is 6.04 Å². The fraction of sp³-hybridized carbons (Fsp3) is 0.529. The second-order valence-corrected chi connectivity index (χ2v) is 7.06. The number of halogens is 1. The van der Waals surface area contributed by atoms with Gasteiger partial charge in [0.15, 0.2) is 0 Å². The summed E-state index contributed by atoms with van der Waals surface area (Å²) in [6.07, 6.45) is 1.69. The Morgan fingerprint density at radius 2 is 1.96 bits per heavy atom. The molecule has 1 fully saturated rings. The molecule has 2 rings (SSSR count). The van der Waals surface area contributed by atoms with Gasteiger partial charge in [-0.3, -0.25) is 19.7 Å². The first kappa shape index (κ1) is 20.1. The highest BCUT2D eigenvalue weighted by molar-refractivity contribution is 6.34. The second-order valence-electron chi connectivity index (χ2n) is 6.65. The number of piperidine rings is 1. The average molecular weight is 383 g/mol. The molecule has 0 saturated carbocycles. The van der Waals surface area contributed by atoms with Gasteiger partial charge < -0.3 is 16.0 Å². The summed E-state index contributed by atoms with van der Waals surface area (Å²) in [5, 5.41) is 19.6. The average Bonchev–Trinajstić information content (AvgIpc) is 2.59. The second kappa shape index (κ2) is 8.95. The molecule has 3 N–H and O–H groups in total. The Balaban J connectivity index is 2.07. The highest BCUT2D eigenvalue weighted by Crippen LogP contribution is 2.22. The molecule has 0 radical (unpaired) electrons. The van der Waals surface area contributed by atoms with Crippen molar-refractivity contribution in [2.75, 3.05) is 13.1 Å². The number of benzene rings is 1. The highest BCUT2D eigenvalue weighted by atomic mass is 35.5. The highest BCUT2D eigenvalue weighted by Gasteiger charge is 2.28. The molecule has 8 nitrogen and oxygen atoms in total. The molecule has 1 atom stereocenters. The minimum absolute atomic E-state index is 0.0297. The fourth-order valence-electron chi connectivity index (χ4n) is 2.81. The number of non-ortho nitro benzene ring substituents is 1. The molecule has 1 saturated heterocycles. The van der Waals surface area contributed by atoms with Crippen LogP contribution in [0.1, 0.15) is 37.0 Å². The van der Waals surface area contributed by atoms with Crippen LogP contribution in [0.15, 0.2) is 18.2 Å². The minimum atomic E-state index is -0.719. The van der Waals surface area contributed by atoms with Gasteiger partial charge in [-0.2, -0.15) is 0 Å². The van der Waals surface area contributed by atoms with Crippen molar-refractivity contribution in [3.05, 3.63) is 38.9 Å². The number of nitrogens with one attached hydrogen (secondary N) is 3. The van der Waals surface area contributed by atoms with E-state index in [0.29, 0.717) is 0 Å². The maximum atomic E-state index is 12.6. The first-order chi connectivity index (χ1) is 12.3. The Bertz CT molecular complexity index is 689. The van der Waals surface area contributed by atoms with E-state index < -0.39 is 16.9 Å². The molecule has 142 valence electrons. The largest absolute Gasteiger partial charge is 0.351 e. The van der Waals surface area contributed by atoms with Crippen LogP contribution >= 0.6 is 11.6 Å². The molecule has 0 spiro atoms. The first-order valence-corrected chi connectivity index (χ1v) is 8.93. The van der Waals surface area contributed by atoms with Crippen molar-refractivity contribution < 1.29 is 14.5 Å². The van der Waals surface area contributed by atoms with E-state index in [-0.39, 0.29) is 34.1 Å². The number of rotatable bonds is 6. The maximum Gasteiger partial charge on any atom is 0.270 e. The third kappa shape index (κ3) is 5.15. The van der Waals surface area contributed by atoms with Gasteiger partial charge in [0, 0.05) is 18.2 Å². The molecule has 0 aromatic heterocycles. The smallest absolute Gasteiger partial charge is 0.270 e. The summed E-state index contributed by atoms with van der Waals surface area (Å²) in [5.74, 6) is -0.903. The maximum absolute atomic E-state index is 12.6. The first-order valence-electron chi connectivity index (χ1n) is 8.55. The van der Waals surface area contributed by atoms with E-state index in [1.807, 2.05) is 13.8 Å². The lowest BCUT2D eigenvalue weighted by Gasteiger charge is -2.28. The van der Waals surface area contributed by atoms with E-state index in [4.69, 9.17) is 11.6 Å². The van der Waals surface area contributed by atoms with Gasteiger partial charge in [-0.05, 0) is 37.9 Å². The Morgan fingerprint density at radius 1 is 1.31 bits per heavy atom. The summed E-state index contributed by atoms with van der Waals surface area (Å²) >= 11 is 5.99. The Morgan fingerprint density at radius 3 is 2.50 bits per heavy atom. The van der Waals surface area contributed by atoms with Crippen LogP contribution in [0.2, 0.25) is 5.02 Å². The normalized spacial score (nSPS) is 16.2. The number of carbonyl (C=O) groups is 2. The van der Waals surface area contributed by atoms with Crippen LogP contribution < -0.4 is 16.0 Å². The lowest BCUT2D eigenvalue weighted by Crippen LogP contribution is -2.53. The molecule has 1 aromatic carbocycles. The van der Waals surface area contributed by atoms with Crippen molar-refractivity contribution in [1.82, 2.24) is 16.0 Å². The summed E-state index contributed by atoms with van der Waals surface area (Å²) in [6.45, 7) is 5.37. The van der Waals surface area contributed by atoms with E-state index in [2.05, 4.69) is 16.0 Å². The Kier molecular flexibility index (Phi) is 6.93. The zero-order valence-electron chi connectivity index (χ0n) is 14.8. The van der Waals surface area contributed by atoms with Gasteiger partial charge in [0.2, 0.25) is 5.91 Å². The van der Waals surface area contributed by atoms with E-state index >= 15 is 0 Å². The van der Waals surface area contributed by atoms with Crippen molar-refractivity contribution in [3.8, 4) is 0 Å². The third-order valence-corrected chi connectivity index (χ3v) is 4.64. The van der Waals surface area contributed by atoms with Gasteiger partial charge >= 0.3 is 0 Å². The molecule has 1 unspecified atom stereocenters. The monoisotopic (exact) mass is 382 g/mol. The number of hydrogen-bond acceptors (Lipinski definition) is 5. The summed E-state index contributed by atoms with van der Waals surface area (Å²) in [4.78, 5) is 35.3. The molecule has 26 heavy (non-hydrogen) atoms. The molecule has 2 amide bonds. The lowest BCUT2D eigenvalue weighted by atomic mass is 10.0. The zero-order chi connectivity index (χ0) is 19.3. The van der Waals surface area contributed by atoms with Crippen LogP contribution in [0, 0.1) is 16.0 Å². The molecule has 1 aromatic rings. The molecular formula is C17H23ClN4O4. The quantitative estimate of drug-likeness (QED) is 0.513. The topological polar surface area (TPSA) is 113 Å². The molecule has 9 heteroatoms. The molecule has 1 aliphatic heterocycles. The SMILES string of the molecule is CC(C)C(NC(=O)c1ccc([N+](=O)[O-])cc1Cl)C(=O)NC1CCNCC1. The van der Waals surface area contributed by atoms with Crippen molar-refractivity contribution in [2.24, 2.45) is 5.92 Å². The number of nitro benzene ring substituents is 1. The summed E-state index contributed by atoms with van der Waals surface area (Å²) in [5.41, 5.74) is -0.104. The van der Waals surface area contributed by atoms with Gasteiger partial charge in [0.25, 0.3) is 11.6 Å². The number of carbonyl (C=O) groups excluding carboxylic acids is 2. The molecule has 1 aliphatic rings. The van der Waals surface area contributed by atoms with Crippen molar-refractivity contribution in [3.63, 3.8) is 0 Å². The van der Waals surface area contributed by atoms with Gasteiger partial charge in [0.05, 0.1) is 15.5 Å². The minimum Gasteiger partial charge on any atom is -0.351 e. The van der Waals surface area contributed by atoms with Gasteiger partial charge in [-0.15, -0.1) is 0 Å². The van der Waals surface area contributed by atoms with E-state index in [0.717, 1.165) is 32.0 Å². The van der Waals surface area contributed by atoms with Crippen LogP contribution in [0.4, 0.5) is 5.69 Å². The molecule has 0 bridgehead atoms. The molecule has 0 aliphatic carbocycles. The standard InChI is InChI=1S/C17H23ClN4O4/c1-10(2)15(17(24)20-11-5-7-19-8-6-11)21-16(23)13-4-3-12(22(25)26)9-14(13)18/h3-4,9-11,15,19H,5-8H2,1-2H3,(H,20,24)(H,21,23). The van der Waals surface area contributed by atoms with Crippen molar-refractivity contribution >= 4 is 29.1 Å². The van der Waals surface area contributed by atoms with Gasteiger partial charge in [-0.1, -0.05) is 25.4 Å². The van der Waals surface area contributed by atoms with Crippen LogP contribution in [0.5, 0.6) is 0 Å². The number of amides is 2. The lowest BCUT2D eigenvalue weighted by molar-refractivity contribution is -0.384. The van der Waals surface area contributed by atoms with E-state index in [1.165, 1.54) is 12.1 Å². The molecular weight excluding hydrogens is 360 g/mol. The predicted octanol–water partition coefficient (Wildman–Crippen LogP) is 1.87. The fourth-order valence-corrected chi connectivity index (χ4v) is 3.07. The summed E-state index contributed by atoms with van der Waals surface area (Å²) < 4.78 is 0. The Labute approximate surface area is 156 Å². The van der Waals surface area contributed by atoms with Gasteiger partial charge in [-0.25, -0.2) is 0 Å². The number of nitrogens with zero attached hydrogens (tertiary/aromatic N) is 1. The van der Waals surface area contributed by atoms with Crippen LogP contribution in [-0.4, -0.2) is 41.9 Å². The zero-order valence-corrected chi connectivity index (χ0v) is 15.5. The molecule has 1 heterocycles. The van der Waals surface area contributed by atoms with E-state index in [1.54, 1.807) is 0 Å². The third-order valence-electron chi connectivity index (χ3n) is 4.33. The van der Waals surface area contributed by atoms with Crippen molar-refractivity contribution in [1.29, 1.82) is 0 Å². The van der Waals surface area contributed by atoms with Crippen LogP contribution in [-0.2, 0) is 4.79 Å². The summed E-state index contributed by atoms with van der Waals surface area (Å²) in [7, 11) is 0. The van der Waals surface area contributed by atoms with Crippen LogP contribution in [0.3, 0.4) is 0 Å². The number of nitro groups is 1. The van der Waals surface area contributed by atoms with Crippen LogP contribution in [0.25, 0.3) is 0 Å². The van der Waals surface area contributed by atoms with E-state index in [9.17, 15) is 19.7 Å². The predicted molar refractivity (Wildman–Crippen MR) is 98.2 cm³/mol.